The first kappa shape index (κ1) is 39.0. The van der Waals surface area contributed by atoms with Crippen molar-refractivity contribution in [2.45, 2.75) is 0 Å². The van der Waals surface area contributed by atoms with Crippen molar-refractivity contribution in [2.75, 3.05) is 0 Å². The number of hydrogen-bond donors (Lipinski definition) is 0. The van der Waals surface area contributed by atoms with E-state index in [1.165, 1.54) is 55.2 Å². The smallest absolute Gasteiger partial charge is 0.143 e. The van der Waals surface area contributed by atoms with Gasteiger partial charge in [-0.2, -0.15) is 0 Å². The second-order valence-corrected chi connectivity index (χ2v) is 18.0. The normalized spacial score (nSPS) is 11.8. The van der Waals surface area contributed by atoms with Crippen molar-refractivity contribution in [1.82, 2.24) is 4.57 Å². The van der Waals surface area contributed by atoms with Crippen LogP contribution in [0.4, 0.5) is 0 Å². The zero-order chi connectivity index (χ0) is 45.4. The van der Waals surface area contributed by atoms with Crippen LogP contribution in [0.2, 0.25) is 0 Å². The van der Waals surface area contributed by atoms with Crippen LogP contribution in [-0.2, 0) is 0 Å². The molecule has 0 amide bonds. The first-order valence-corrected chi connectivity index (χ1v) is 23.6. The number of rotatable bonds is 7. The molecule has 0 radical (unpaired) electrons. The SMILES string of the molecule is c1ccc(-c2ccc(-c3cc(-c4ccccc4)cc(-c4cccc5oc6c(-c7cccc8c7oc7ccc(-n9c%10ccccc%10c%10cc(-c%11ccccc%11)ccc%109)cc78)cccc6c45)c3)cc2)cc1. The van der Waals surface area contributed by atoms with Gasteiger partial charge < -0.3 is 13.4 Å². The lowest BCUT2D eigenvalue weighted by atomic mass is 9.91. The van der Waals surface area contributed by atoms with Crippen molar-refractivity contribution < 1.29 is 8.83 Å². The fourth-order valence-corrected chi connectivity index (χ4v) is 10.7. The Morgan fingerprint density at radius 2 is 0.739 bits per heavy atom. The largest absolute Gasteiger partial charge is 0.455 e. The van der Waals surface area contributed by atoms with Gasteiger partial charge in [0, 0.05) is 49.1 Å². The summed E-state index contributed by atoms with van der Waals surface area (Å²) < 4.78 is 16.2. The molecule has 14 aromatic rings. The predicted octanol–water partition coefficient (Wildman–Crippen LogP) is 18.6. The quantitative estimate of drug-likeness (QED) is 0.160. The molecule has 69 heavy (non-hydrogen) atoms. The molecule has 0 unspecified atom stereocenters. The Hall–Kier alpha value is -9.18. The molecule has 0 bridgehead atoms. The van der Waals surface area contributed by atoms with E-state index in [1.807, 2.05) is 0 Å². The molecule has 0 N–H and O–H groups in total. The summed E-state index contributed by atoms with van der Waals surface area (Å²) in [7, 11) is 0. The second kappa shape index (κ2) is 15.7. The predicted molar refractivity (Wildman–Crippen MR) is 288 cm³/mol. The van der Waals surface area contributed by atoms with Gasteiger partial charge in [-0.3, -0.25) is 0 Å². The minimum atomic E-state index is 0.838. The number of furan rings is 2. The van der Waals surface area contributed by atoms with E-state index < -0.39 is 0 Å². The molecule has 3 heteroatoms. The standard InChI is InChI=1S/C66H41NO2/c1-4-15-42(16-5-1)45-29-31-46(32-30-45)49-37-48(44-19-8-3-9-20-44)38-50(39-49)52-22-14-28-63-64(52)57-26-13-24-55(66(57)69-63)54-23-12-25-56-59-41-51(34-36-62(59)68-65(54)56)67-60-27-11-10-21-53(60)58-40-47(33-35-61(58)67)43-17-6-2-7-18-43/h1-41H. The highest BCUT2D eigenvalue weighted by molar-refractivity contribution is 6.18. The van der Waals surface area contributed by atoms with Crippen molar-refractivity contribution in [3.05, 3.63) is 249 Å². The summed E-state index contributed by atoms with van der Waals surface area (Å²) in [5.41, 5.74) is 20.5. The summed E-state index contributed by atoms with van der Waals surface area (Å²) in [6.07, 6.45) is 0. The summed E-state index contributed by atoms with van der Waals surface area (Å²) in [6, 6.07) is 89.2. The molecule has 0 saturated heterocycles. The molecular formula is C66H41NO2. The van der Waals surface area contributed by atoms with Gasteiger partial charge in [-0.1, -0.05) is 188 Å². The third-order valence-electron chi connectivity index (χ3n) is 14.0. The van der Waals surface area contributed by atoms with Crippen LogP contribution in [0.1, 0.15) is 0 Å². The molecule has 0 saturated carbocycles. The van der Waals surface area contributed by atoms with Gasteiger partial charge in [0.1, 0.15) is 22.3 Å². The highest BCUT2D eigenvalue weighted by atomic mass is 16.3. The molecule has 0 fully saturated rings. The summed E-state index contributed by atoms with van der Waals surface area (Å²) in [5.74, 6) is 0. The second-order valence-electron chi connectivity index (χ2n) is 18.0. The van der Waals surface area contributed by atoms with E-state index in [-0.39, 0.29) is 0 Å². The van der Waals surface area contributed by atoms with Gasteiger partial charge >= 0.3 is 0 Å². The van der Waals surface area contributed by atoms with Crippen LogP contribution < -0.4 is 0 Å². The highest BCUT2D eigenvalue weighted by Gasteiger charge is 2.21. The lowest BCUT2D eigenvalue weighted by Gasteiger charge is -2.13. The van der Waals surface area contributed by atoms with Crippen LogP contribution in [0, 0.1) is 0 Å². The van der Waals surface area contributed by atoms with Crippen molar-refractivity contribution >= 4 is 65.7 Å². The van der Waals surface area contributed by atoms with Gasteiger partial charge in [-0.15, -0.1) is 0 Å². The van der Waals surface area contributed by atoms with Gasteiger partial charge in [0.15, 0.2) is 0 Å². The fourth-order valence-electron chi connectivity index (χ4n) is 10.7. The Labute approximate surface area is 398 Å². The Balaban J connectivity index is 0.897. The molecule has 0 aliphatic carbocycles. The number of fused-ring (bicyclic) bond motifs is 9. The average Bonchev–Trinajstić information content (AvgIpc) is 4.11. The van der Waals surface area contributed by atoms with Crippen LogP contribution in [0.15, 0.2) is 258 Å². The maximum Gasteiger partial charge on any atom is 0.143 e. The lowest BCUT2D eigenvalue weighted by Crippen LogP contribution is -1.93. The third kappa shape index (κ3) is 6.43. The van der Waals surface area contributed by atoms with Crippen molar-refractivity contribution in [3.8, 4) is 72.4 Å². The number of benzene rings is 11. The van der Waals surface area contributed by atoms with Crippen molar-refractivity contribution in [2.24, 2.45) is 0 Å². The maximum atomic E-state index is 6.95. The topological polar surface area (TPSA) is 31.2 Å². The van der Waals surface area contributed by atoms with E-state index in [4.69, 9.17) is 8.83 Å². The third-order valence-corrected chi connectivity index (χ3v) is 14.0. The molecule has 3 aromatic heterocycles. The first-order chi connectivity index (χ1) is 34.2. The highest BCUT2D eigenvalue weighted by Crippen LogP contribution is 2.45. The maximum absolute atomic E-state index is 6.95. The Kier molecular flexibility index (Phi) is 8.90. The minimum Gasteiger partial charge on any atom is -0.455 e. The van der Waals surface area contributed by atoms with E-state index in [2.05, 4.69) is 253 Å². The van der Waals surface area contributed by atoms with Gasteiger partial charge in [0.2, 0.25) is 0 Å². The van der Waals surface area contributed by atoms with Crippen LogP contribution in [0.25, 0.3) is 138 Å². The summed E-state index contributed by atoms with van der Waals surface area (Å²) in [4.78, 5) is 0. The minimum absolute atomic E-state index is 0.838. The summed E-state index contributed by atoms with van der Waals surface area (Å²) in [6.45, 7) is 0. The monoisotopic (exact) mass is 879 g/mol. The number of nitrogens with zero attached hydrogens (tertiary/aromatic N) is 1. The van der Waals surface area contributed by atoms with Crippen LogP contribution in [0.5, 0.6) is 0 Å². The number of para-hydroxylation sites is 3. The van der Waals surface area contributed by atoms with E-state index in [1.54, 1.807) is 0 Å². The molecule has 11 aromatic carbocycles. The van der Waals surface area contributed by atoms with Crippen LogP contribution in [0.3, 0.4) is 0 Å². The molecular weight excluding hydrogens is 839 g/mol. The molecule has 14 rings (SSSR count). The molecule has 322 valence electrons. The van der Waals surface area contributed by atoms with Crippen LogP contribution >= 0.6 is 0 Å². The number of hydrogen-bond acceptors (Lipinski definition) is 2. The molecule has 3 nitrogen and oxygen atoms in total. The molecule has 3 heterocycles. The first-order valence-electron chi connectivity index (χ1n) is 23.6. The number of aromatic nitrogens is 1. The fraction of sp³-hybridized carbons (Fsp3) is 0. The zero-order valence-corrected chi connectivity index (χ0v) is 37.4. The average molecular weight is 880 g/mol. The molecule has 0 atom stereocenters. The Morgan fingerprint density at radius 3 is 1.45 bits per heavy atom. The van der Waals surface area contributed by atoms with E-state index in [0.717, 1.165) is 82.9 Å². The molecule has 0 aliphatic heterocycles. The van der Waals surface area contributed by atoms with Gasteiger partial charge in [0.25, 0.3) is 0 Å². The van der Waals surface area contributed by atoms with Crippen molar-refractivity contribution in [1.29, 1.82) is 0 Å². The van der Waals surface area contributed by atoms with Crippen molar-refractivity contribution in [3.63, 3.8) is 0 Å². The lowest BCUT2D eigenvalue weighted by molar-refractivity contribution is 0.665. The Morgan fingerprint density at radius 1 is 0.246 bits per heavy atom. The molecule has 0 spiro atoms. The van der Waals surface area contributed by atoms with E-state index in [0.29, 0.717) is 0 Å². The van der Waals surface area contributed by atoms with E-state index >= 15 is 0 Å². The van der Waals surface area contributed by atoms with Gasteiger partial charge in [-0.25, -0.2) is 0 Å². The Bertz CT molecular complexity index is 4270. The van der Waals surface area contributed by atoms with E-state index in [9.17, 15) is 0 Å². The summed E-state index contributed by atoms with van der Waals surface area (Å²) >= 11 is 0. The molecule has 0 aliphatic rings. The van der Waals surface area contributed by atoms with Crippen LogP contribution in [-0.4, -0.2) is 4.57 Å². The zero-order valence-electron chi connectivity index (χ0n) is 37.4. The summed E-state index contributed by atoms with van der Waals surface area (Å²) in [5, 5.41) is 6.74. The van der Waals surface area contributed by atoms with Gasteiger partial charge in [0.05, 0.1) is 11.0 Å². The van der Waals surface area contributed by atoms with Gasteiger partial charge in [-0.05, 0) is 116 Å².